The third-order valence-corrected chi connectivity index (χ3v) is 5.29. The average Bonchev–Trinajstić information content (AvgIpc) is 2.94. The van der Waals surface area contributed by atoms with Gasteiger partial charge in [-0.1, -0.05) is 6.42 Å². The number of amides is 1. The minimum absolute atomic E-state index is 0.0830. The third kappa shape index (κ3) is 1.23. The van der Waals surface area contributed by atoms with Crippen LogP contribution in [0.5, 0.6) is 0 Å². The van der Waals surface area contributed by atoms with Crippen molar-refractivity contribution in [3.8, 4) is 0 Å². The third-order valence-electron chi connectivity index (χ3n) is 5.29. The zero-order valence-electron chi connectivity index (χ0n) is 10.1. The number of carbonyl (C=O) groups is 1. The van der Waals surface area contributed by atoms with Gasteiger partial charge >= 0.3 is 0 Å². The highest BCUT2D eigenvalue weighted by Gasteiger charge is 2.61. The molecule has 2 spiro atoms. The summed E-state index contributed by atoms with van der Waals surface area (Å²) in [6.07, 6.45) is 6.14. The summed E-state index contributed by atoms with van der Waals surface area (Å²) in [5, 5.41) is 0. The topological polar surface area (TPSA) is 38.8 Å². The van der Waals surface area contributed by atoms with Gasteiger partial charge in [0.05, 0.1) is 18.8 Å². The van der Waals surface area contributed by atoms with Gasteiger partial charge in [0.2, 0.25) is 5.91 Å². The number of nitrogens with zero attached hydrogens (tertiary/aromatic N) is 1. The fourth-order valence-corrected chi connectivity index (χ4v) is 4.60. The molecule has 3 aliphatic heterocycles. The summed E-state index contributed by atoms with van der Waals surface area (Å²) in [4.78, 5) is 14.2. The number of hydrogen-bond donors (Lipinski definition) is 0. The second-order valence-electron chi connectivity index (χ2n) is 5.98. The molecule has 3 heterocycles. The van der Waals surface area contributed by atoms with E-state index in [2.05, 4.69) is 4.90 Å². The van der Waals surface area contributed by atoms with Crippen molar-refractivity contribution in [3.05, 3.63) is 0 Å². The number of hydrogen-bond acceptors (Lipinski definition) is 3. The maximum absolute atomic E-state index is 12.1. The maximum atomic E-state index is 12.1. The molecule has 2 atom stereocenters. The Kier molecular flexibility index (Phi) is 1.96. The van der Waals surface area contributed by atoms with Crippen molar-refractivity contribution in [1.29, 1.82) is 0 Å². The Morgan fingerprint density at radius 3 is 2.88 bits per heavy atom. The van der Waals surface area contributed by atoms with E-state index < -0.39 is 0 Å². The molecule has 4 heteroatoms. The predicted octanol–water partition coefficient (Wildman–Crippen LogP) is 1.29. The molecule has 17 heavy (non-hydrogen) atoms. The quantitative estimate of drug-likeness (QED) is 0.637. The first-order valence-electron chi connectivity index (χ1n) is 6.83. The van der Waals surface area contributed by atoms with Crippen molar-refractivity contribution in [1.82, 2.24) is 4.90 Å². The van der Waals surface area contributed by atoms with Crippen LogP contribution in [0.25, 0.3) is 0 Å². The molecule has 4 aliphatic rings. The van der Waals surface area contributed by atoms with Gasteiger partial charge in [0.25, 0.3) is 0 Å². The van der Waals surface area contributed by atoms with Crippen LogP contribution in [0.2, 0.25) is 0 Å². The molecule has 0 N–H and O–H groups in total. The van der Waals surface area contributed by atoms with Crippen LogP contribution >= 0.6 is 0 Å². The van der Waals surface area contributed by atoms with Crippen molar-refractivity contribution < 1.29 is 14.3 Å². The summed E-state index contributed by atoms with van der Waals surface area (Å²) in [7, 11) is 0. The molecule has 94 valence electrons. The van der Waals surface area contributed by atoms with Gasteiger partial charge in [-0.25, -0.2) is 0 Å². The highest BCUT2D eigenvalue weighted by atomic mass is 16.7. The zero-order chi connectivity index (χ0) is 11.5. The second-order valence-corrected chi connectivity index (χ2v) is 5.98. The molecule has 4 rings (SSSR count). The van der Waals surface area contributed by atoms with Gasteiger partial charge in [-0.05, 0) is 18.8 Å². The summed E-state index contributed by atoms with van der Waals surface area (Å²) in [5.41, 5.74) is 0.0830. The molecule has 3 saturated heterocycles. The Morgan fingerprint density at radius 2 is 2.06 bits per heavy atom. The first-order valence-corrected chi connectivity index (χ1v) is 6.83. The van der Waals surface area contributed by atoms with Crippen LogP contribution in [-0.2, 0) is 14.3 Å². The van der Waals surface area contributed by atoms with Gasteiger partial charge in [0.1, 0.15) is 0 Å². The summed E-state index contributed by atoms with van der Waals surface area (Å²) < 4.78 is 11.7. The first kappa shape index (κ1) is 10.3. The number of rotatable bonds is 0. The highest BCUT2D eigenvalue weighted by molar-refractivity contribution is 5.80. The summed E-state index contributed by atoms with van der Waals surface area (Å²) in [6.45, 7) is 2.26. The van der Waals surface area contributed by atoms with Crippen LogP contribution in [0.1, 0.15) is 38.5 Å². The lowest BCUT2D eigenvalue weighted by Crippen LogP contribution is -2.58. The van der Waals surface area contributed by atoms with E-state index in [0.717, 1.165) is 32.2 Å². The normalized spacial score (nSPS) is 43.2. The van der Waals surface area contributed by atoms with E-state index in [1.54, 1.807) is 0 Å². The molecule has 0 aromatic heterocycles. The molecule has 1 aliphatic carbocycles. The van der Waals surface area contributed by atoms with Crippen LogP contribution in [0.4, 0.5) is 0 Å². The molecule has 0 unspecified atom stereocenters. The summed E-state index contributed by atoms with van der Waals surface area (Å²) in [6, 6.07) is 0. The Morgan fingerprint density at radius 1 is 1.24 bits per heavy atom. The molecule has 0 radical (unpaired) electrons. The Balaban J connectivity index is 1.70. The predicted molar refractivity (Wildman–Crippen MR) is 60.3 cm³/mol. The van der Waals surface area contributed by atoms with E-state index >= 15 is 0 Å². The van der Waals surface area contributed by atoms with E-state index in [1.165, 1.54) is 12.8 Å². The van der Waals surface area contributed by atoms with Crippen molar-refractivity contribution >= 4 is 5.91 Å². The van der Waals surface area contributed by atoms with Crippen LogP contribution < -0.4 is 0 Å². The van der Waals surface area contributed by atoms with Gasteiger partial charge < -0.3 is 14.4 Å². The molecule has 4 nitrogen and oxygen atoms in total. The smallest absolute Gasteiger partial charge is 0.223 e. The lowest BCUT2D eigenvalue weighted by molar-refractivity contribution is -0.212. The van der Waals surface area contributed by atoms with Crippen LogP contribution in [0, 0.1) is 5.92 Å². The van der Waals surface area contributed by atoms with E-state index in [9.17, 15) is 4.79 Å². The number of ether oxygens (including phenoxy) is 2. The zero-order valence-corrected chi connectivity index (χ0v) is 10.1. The molecule has 1 saturated carbocycles. The van der Waals surface area contributed by atoms with Gasteiger partial charge in [-0.2, -0.15) is 0 Å². The van der Waals surface area contributed by atoms with Crippen molar-refractivity contribution in [3.63, 3.8) is 0 Å². The first-order chi connectivity index (χ1) is 8.24. The molecule has 0 aromatic carbocycles. The minimum Gasteiger partial charge on any atom is -0.347 e. The van der Waals surface area contributed by atoms with Gasteiger partial charge in [-0.3, -0.25) is 4.79 Å². The number of piperidine rings is 1. The largest absolute Gasteiger partial charge is 0.347 e. The highest BCUT2D eigenvalue weighted by Crippen LogP contribution is 2.55. The molecule has 4 fully saturated rings. The summed E-state index contributed by atoms with van der Waals surface area (Å²) in [5.74, 6) is 0.562. The lowest BCUT2D eigenvalue weighted by atomic mass is 9.78. The van der Waals surface area contributed by atoms with E-state index in [4.69, 9.17) is 9.47 Å². The fourth-order valence-electron chi connectivity index (χ4n) is 4.60. The SMILES string of the molecule is O=C1C[C@H]2CCC[C@]23CC2(CCN13)OCCO2. The van der Waals surface area contributed by atoms with Crippen molar-refractivity contribution in [2.45, 2.75) is 49.9 Å². The van der Waals surface area contributed by atoms with Gasteiger partial charge in [0.15, 0.2) is 5.79 Å². The number of carbonyl (C=O) groups excluding carboxylic acids is 1. The van der Waals surface area contributed by atoms with E-state index in [0.29, 0.717) is 25.0 Å². The van der Waals surface area contributed by atoms with Crippen LogP contribution in [0.15, 0.2) is 0 Å². The van der Waals surface area contributed by atoms with Crippen molar-refractivity contribution in [2.75, 3.05) is 19.8 Å². The molecule has 1 amide bonds. The standard InChI is InChI=1S/C13H19NO3/c15-11-8-10-2-1-3-12(10)9-13(4-5-14(11)12)16-6-7-17-13/h10H,1-9H2/t10-,12+/m1/s1. The Labute approximate surface area is 101 Å². The maximum Gasteiger partial charge on any atom is 0.223 e. The van der Waals surface area contributed by atoms with Gasteiger partial charge in [-0.15, -0.1) is 0 Å². The summed E-state index contributed by atoms with van der Waals surface area (Å²) >= 11 is 0. The molecular formula is C13H19NO3. The van der Waals surface area contributed by atoms with Crippen LogP contribution in [0.3, 0.4) is 0 Å². The monoisotopic (exact) mass is 237 g/mol. The van der Waals surface area contributed by atoms with E-state index in [-0.39, 0.29) is 11.3 Å². The molecule has 0 aromatic rings. The van der Waals surface area contributed by atoms with Gasteiger partial charge in [0, 0.05) is 25.8 Å². The van der Waals surface area contributed by atoms with Crippen molar-refractivity contribution in [2.24, 2.45) is 5.92 Å². The fraction of sp³-hybridized carbons (Fsp3) is 0.923. The van der Waals surface area contributed by atoms with E-state index in [1.807, 2.05) is 0 Å². The Bertz CT molecular complexity index is 364. The van der Waals surface area contributed by atoms with Crippen LogP contribution in [-0.4, -0.2) is 41.9 Å². The Hall–Kier alpha value is -0.610. The molecule has 0 bridgehead atoms. The minimum atomic E-state index is -0.357. The average molecular weight is 237 g/mol. The molecular weight excluding hydrogens is 218 g/mol. The second kappa shape index (κ2) is 3.23. The lowest BCUT2D eigenvalue weighted by Gasteiger charge is -2.49.